The van der Waals surface area contributed by atoms with Crippen LogP contribution in [0.2, 0.25) is 0 Å². The van der Waals surface area contributed by atoms with Crippen molar-refractivity contribution in [2.45, 2.75) is 31.7 Å². The molecular formula is C13H19N3O2S. The van der Waals surface area contributed by atoms with Crippen LogP contribution < -0.4 is 0 Å². The predicted molar refractivity (Wildman–Crippen MR) is 74.8 cm³/mol. The van der Waals surface area contributed by atoms with Crippen LogP contribution in [0.4, 0.5) is 0 Å². The standard InChI is InChI=1S/C13H19N3O2S/c1-5-7-11-14-13(19(17,18)15(3)4)12-10(2)8-6-9-16(11)12/h6,8-9H,5,7H2,1-4H3. The van der Waals surface area contributed by atoms with Gasteiger partial charge in [0.15, 0.2) is 5.03 Å². The highest BCUT2D eigenvalue weighted by Crippen LogP contribution is 2.24. The zero-order valence-corrected chi connectivity index (χ0v) is 12.5. The van der Waals surface area contributed by atoms with E-state index >= 15 is 0 Å². The molecular weight excluding hydrogens is 262 g/mol. The minimum Gasteiger partial charge on any atom is -0.302 e. The Morgan fingerprint density at radius 1 is 1.37 bits per heavy atom. The first kappa shape index (κ1) is 14.0. The number of fused-ring (bicyclic) bond motifs is 1. The highest BCUT2D eigenvalue weighted by Gasteiger charge is 2.26. The Balaban J connectivity index is 2.82. The Labute approximate surface area is 113 Å². The molecule has 0 aromatic carbocycles. The molecule has 6 heteroatoms. The molecule has 2 aromatic rings. The van der Waals surface area contributed by atoms with Gasteiger partial charge in [0.05, 0.1) is 5.52 Å². The number of aryl methyl sites for hydroxylation is 2. The van der Waals surface area contributed by atoms with E-state index in [-0.39, 0.29) is 5.03 Å². The molecule has 0 spiro atoms. The Morgan fingerprint density at radius 3 is 2.63 bits per heavy atom. The first-order valence-electron chi connectivity index (χ1n) is 6.28. The molecule has 0 fully saturated rings. The highest BCUT2D eigenvalue weighted by molar-refractivity contribution is 7.89. The van der Waals surface area contributed by atoms with E-state index in [1.807, 2.05) is 29.7 Å². The average molecular weight is 281 g/mol. The lowest BCUT2D eigenvalue weighted by Crippen LogP contribution is -2.23. The molecule has 0 saturated carbocycles. The fraction of sp³-hybridized carbons (Fsp3) is 0.462. The quantitative estimate of drug-likeness (QED) is 0.859. The van der Waals surface area contributed by atoms with E-state index in [9.17, 15) is 8.42 Å². The van der Waals surface area contributed by atoms with Gasteiger partial charge in [0.2, 0.25) is 0 Å². The third-order valence-electron chi connectivity index (χ3n) is 3.11. The summed E-state index contributed by atoms with van der Waals surface area (Å²) in [5, 5.41) is 0.152. The van der Waals surface area contributed by atoms with Crippen LogP contribution in [0.25, 0.3) is 5.52 Å². The summed E-state index contributed by atoms with van der Waals surface area (Å²) in [6.45, 7) is 3.96. The van der Waals surface area contributed by atoms with Crippen LogP contribution in [0.5, 0.6) is 0 Å². The topological polar surface area (TPSA) is 54.7 Å². The molecule has 19 heavy (non-hydrogen) atoms. The third kappa shape index (κ3) is 2.26. The van der Waals surface area contributed by atoms with Crippen LogP contribution in [0.1, 0.15) is 24.7 Å². The lowest BCUT2D eigenvalue weighted by molar-refractivity contribution is 0.518. The van der Waals surface area contributed by atoms with Crippen molar-refractivity contribution < 1.29 is 8.42 Å². The maximum absolute atomic E-state index is 12.4. The largest absolute Gasteiger partial charge is 0.302 e. The minimum atomic E-state index is -3.52. The number of hydrogen-bond acceptors (Lipinski definition) is 3. The molecule has 2 rings (SSSR count). The van der Waals surface area contributed by atoms with Gasteiger partial charge in [-0.15, -0.1) is 0 Å². The van der Waals surface area contributed by atoms with E-state index < -0.39 is 10.0 Å². The number of nitrogens with zero attached hydrogens (tertiary/aromatic N) is 3. The summed E-state index contributed by atoms with van der Waals surface area (Å²) in [6, 6.07) is 3.82. The summed E-state index contributed by atoms with van der Waals surface area (Å²) in [5.74, 6) is 0.793. The maximum Gasteiger partial charge on any atom is 0.262 e. The van der Waals surface area contributed by atoms with Gasteiger partial charge in [-0.3, -0.25) is 0 Å². The zero-order valence-electron chi connectivity index (χ0n) is 11.7. The summed E-state index contributed by atoms with van der Waals surface area (Å²) in [5.41, 5.74) is 1.59. The Bertz CT molecular complexity index is 702. The second-order valence-corrected chi connectivity index (χ2v) is 6.85. The molecule has 104 valence electrons. The van der Waals surface area contributed by atoms with Crippen molar-refractivity contribution in [3.63, 3.8) is 0 Å². The number of pyridine rings is 1. The molecule has 5 nitrogen and oxygen atoms in total. The molecule has 0 amide bonds. The van der Waals surface area contributed by atoms with Crippen molar-refractivity contribution in [1.82, 2.24) is 13.7 Å². The number of aromatic nitrogens is 2. The van der Waals surface area contributed by atoms with E-state index in [2.05, 4.69) is 11.9 Å². The van der Waals surface area contributed by atoms with Crippen LogP contribution in [0.15, 0.2) is 23.4 Å². The number of imidazole rings is 1. The molecule has 0 aliphatic heterocycles. The second-order valence-electron chi connectivity index (χ2n) is 4.78. The molecule has 2 aromatic heterocycles. The molecule has 0 aliphatic rings. The predicted octanol–water partition coefficient (Wildman–Crippen LogP) is 1.85. The number of hydrogen-bond donors (Lipinski definition) is 0. The van der Waals surface area contributed by atoms with Crippen LogP contribution in [-0.4, -0.2) is 36.2 Å². The van der Waals surface area contributed by atoms with Gasteiger partial charge in [-0.25, -0.2) is 17.7 Å². The van der Waals surface area contributed by atoms with Crippen molar-refractivity contribution in [2.24, 2.45) is 0 Å². The lowest BCUT2D eigenvalue weighted by atomic mass is 10.2. The van der Waals surface area contributed by atoms with Gasteiger partial charge in [0.25, 0.3) is 10.0 Å². The lowest BCUT2D eigenvalue weighted by Gasteiger charge is -2.09. The van der Waals surface area contributed by atoms with Crippen LogP contribution in [0.3, 0.4) is 0 Å². The van der Waals surface area contributed by atoms with Gasteiger partial charge in [-0.1, -0.05) is 13.0 Å². The molecule has 0 unspecified atom stereocenters. The Morgan fingerprint density at radius 2 is 2.05 bits per heavy atom. The van der Waals surface area contributed by atoms with Crippen molar-refractivity contribution in [3.05, 3.63) is 29.7 Å². The summed E-state index contributed by atoms with van der Waals surface area (Å²) in [4.78, 5) is 4.37. The molecule has 0 saturated heterocycles. The van der Waals surface area contributed by atoms with Crippen LogP contribution in [0, 0.1) is 6.92 Å². The second kappa shape index (κ2) is 4.94. The fourth-order valence-corrected chi connectivity index (χ4v) is 3.15. The van der Waals surface area contributed by atoms with Crippen molar-refractivity contribution in [1.29, 1.82) is 0 Å². The zero-order chi connectivity index (χ0) is 14.2. The van der Waals surface area contributed by atoms with Gasteiger partial charge in [0.1, 0.15) is 5.82 Å². The van der Waals surface area contributed by atoms with Gasteiger partial charge in [0, 0.05) is 26.7 Å². The van der Waals surface area contributed by atoms with Crippen molar-refractivity contribution in [3.8, 4) is 0 Å². The van der Waals surface area contributed by atoms with E-state index in [1.165, 1.54) is 18.4 Å². The maximum atomic E-state index is 12.4. The smallest absolute Gasteiger partial charge is 0.262 e. The SMILES string of the molecule is CCCc1nc(S(=O)(=O)N(C)C)c2c(C)cccn12. The molecule has 0 bridgehead atoms. The van der Waals surface area contributed by atoms with E-state index in [1.54, 1.807) is 0 Å². The van der Waals surface area contributed by atoms with E-state index in [0.29, 0.717) is 5.52 Å². The van der Waals surface area contributed by atoms with Crippen LogP contribution >= 0.6 is 0 Å². The fourth-order valence-electron chi connectivity index (χ4n) is 2.08. The number of rotatable bonds is 4. The molecule has 0 aliphatic carbocycles. The molecule has 0 N–H and O–H groups in total. The number of sulfonamides is 1. The summed E-state index contributed by atoms with van der Waals surface area (Å²) >= 11 is 0. The van der Waals surface area contributed by atoms with Gasteiger partial charge >= 0.3 is 0 Å². The normalized spacial score (nSPS) is 12.5. The van der Waals surface area contributed by atoms with Crippen molar-refractivity contribution >= 4 is 15.5 Å². The first-order valence-corrected chi connectivity index (χ1v) is 7.72. The van der Waals surface area contributed by atoms with E-state index in [4.69, 9.17) is 0 Å². The average Bonchev–Trinajstić information content (AvgIpc) is 2.71. The summed E-state index contributed by atoms with van der Waals surface area (Å²) in [7, 11) is -0.470. The van der Waals surface area contributed by atoms with Gasteiger partial charge in [-0.2, -0.15) is 0 Å². The molecule has 2 heterocycles. The summed E-state index contributed by atoms with van der Waals surface area (Å²) in [6.07, 6.45) is 3.55. The first-order chi connectivity index (χ1) is 8.89. The molecule has 0 atom stereocenters. The van der Waals surface area contributed by atoms with Crippen molar-refractivity contribution in [2.75, 3.05) is 14.1 Å². The monoisotopic (exact) mass is 281 g/mol. The Hall–Kier alpha value is -1.40. The van der Waals surface area contributed by atoms with Gasteiger partial charge in [-0.05, 0) is 25.0 Å². The van der Waals surface area contributed by atoms with Gasteiger partial charge < -0.3 is 4.40 Å². The molecule has 0 radical (unpaired) electrons. The summed E-state index contributed by atoms with van der Waals surface area (Å²) < 4.78 is 27.8. The van der Waals surface area contributed by atoms with Crippen LogP contribution in [-0.2, 0) is 16.4 Å². The third-order valence-corrected chi connectivity index (χ3v) is 4.84. The highest BCUT2D eigenvalue weighted by atomic mass is 32.2. The Kier molecular flexibility index (Phi) is 3.64. The minimum absolute atomic E-state index is 0.152. The van der Waals surface area contributed by atoms with E-state index in [0.717, 1.165) is 24.2 Å².